The SMILES string of the molecule is CCOC(=O)C(Cc1cccc(C(F)(F)F)c1)(OC(C)(C)C)C(=O)O. The topological polar surface area (TPSA) is 72.8 Å². The van der Waals surface area contributed by atoms with Crippen LogP contribution in [0.1, 0.15) is 38.8 Å². The van der Waals surface area contributed by atoms with Gasteiger partial charge in [-0.25, -0.2) is 9.59 Å². The minimum absolute atomic E-state index is 0.00507. The Labute approximate surface area is 143 Å². The average molecular weight is 362 g/mol. The first kappa shape index (κ1) is 21.0. The zero-order valence-electron chi connectivity index (χ0n) is 14.4. The molecule has 8 heteroatoms. The van der Waals surface area contributed by atoms with E-state index in [0.29, 0.717) is 0 Å². The quantitative estimate of drug-likeness (QED) is 0.620. The van der Waals surface area contributed by atoms with Gasteiger partial charge in [-0.15, -0.1) is 0 Å². The predicted octanol–water partition coefficient (Wildman–Crippen LogP) is 3.45. The van der Waals surface area contributed by atoms with Crippen molar-refractivity contribution in [2.24, 2.45) is 0 Å². The highest BCUT2D eigenvalue weighted by Gasteiger charge is 2.52. The molecule has 0 amide bonds. The first-order chi connectivity index (χ1) is 11.3. The van der Waals surface area contributed by atoms with Gasteiger partial charge in [0.1, 0.15) is 0 Å². The monoisotopic (exact) mass is 362 g/mol. The first-order valence-electron chi connectivity index (χ1n) is 7.59. The third-order valence-electron chi connectivity index (χ3n) is 3.14. The van der Waals surface area contributed by atoms with Crippen LogP contribution < -0.4 is 0 Å². The molecule has 1 aromatic rings. The minimum atomic E-state index is -4.59. The van der Waals surface area contributed by atoms with Gasteiger partial charge in [0.05, 0.1) is 17.8 Å². The molecule has 1 rings (SSSR count). The first-order valence-corrected chi connectivity index (χ1v) is 7.59. The molecule has 0 radical (unpaired) electrons. The minimum Gasteiger partial charge on any atom is -0.479 e. The number of halogens is 3. The third kappa shape index (κ3) is 5.45. The van der Waals surface area contributed by atoms with Crippen LogP contribution in [0, 0.1) is 0 Å². The molecule has 1 aromatic carbocycles. The van der Waals surface area contributed by atoms with Crippen LogP contribution in [0.4, 0.5) is 13.2 Å². The van der Waals surface area contributed by atoms with E-state index < -0.39 is 41.3 Å². The van der Waals surface area contributed by atoms with E-state index in [2.05, 4.69) is 0 Å². The van der Waals surface area contributed by atoms with Crippen LogP contribution in [0.2, 0.25) is 0 Å². The Morgan fingerprint density at radius 1 is 1.16 bits per heavy atom. The van der Waals surface area contributed by atoms with E-state index in [1.165, 1.54) is 33.8 Å². The van der Waals surface area contributed by atoms with Gasteiger partial charge in [-0.2, -0.15) is 13.2 Å². The van der Waals surface area contributed by atoms with Crippen molar-refractivity contribution in [1.29, 1.82) is 0 Å². The van der Waals surface area contributed by atoms with Crippen molar-refractivity contribution in [3.8, 4) is 0 Å². The van der Waals surface area contributed by atoms with Gasteiger partial charge in [0.15, 0.2) is 0 Å². The Kier molecular flexibility index (Phi) is 6.23. The summed E-state index contributed by atoms with van der Waals surface area (Å²) < 4.78 is 48.9. The number of rotatable bonds is 6. The summed E-state index contributed by atoms with van der Waals surface area (Å²) >= 11 is 0. The second-order valence-electron chi connectivity index (χ2n) is 6.44. The van der Waals surface area contributed by atoms with Gasteiger partial charge >= 0.3 is 18.1 Å². The van der Waals surface area contributed by atoms with Gasteiger partial charge in [-0.1, -0.05) is 18.2 Å². The maximum absolute atomic E-state index is 12.9. The molecular weight excluding hydrogens is 341 g/mol. The number of hydrogen-bond acceptors (Lipinski definition) is 4. The van der Waals surface area contributed by atoms with E-state index in [1.807, 2.05) is 0 Å². The number of carbonyl (C=O) groups is 2. The Bertz CT molecular complexity index is 634. The van der Waals surface area contributed by atoms with Crippen molar-refractivity contribution >= 4 is 11.9 Å². The van der Waals surface area contributed by atoms with E-state index >= 15 is 0 Å². The van der Waals surface area contributed by atoms with Crippen molar-refractivity contribution < 1.29 is 37.3 Å². The number of benzene rings is 1. The smallest absolute Gasteiger partial charge is 0.416 e. The van der Waals surface area contributed by atoms with Crippen LogP contribution in [0.5, 0.6) is 0 Å². The number of hydrogen-bond donors (Lipinski definition) is 1. The van der Waals surface area contributed by atoms with Crippen LogP contribution in [-0.2, 0) is 31.7 Å². The molecule has 0 heterocycles. The number of carbonyl (C=O) groups excluding carboxylic acids is 1. The fourth-order valence-electron chi connectivity index (χ4n) is 2.27. The standard InChI is InChI=1S/C17H21F3O5/c1-5-24-14(23)16(13(21)22,25-15(2,3)4)10-11-7-6-8-12(9-11)17(18,19)20/h6-9H,5,10H2,1-4H3,(H,21,22). The molecule has 0 aliphatic carbocycles. The lowest BCUT2D eigenvalue weighted by atomic mass is 9.92. The number of alkyl halides is 3. The summed E-state index contributed by atoms with van der Waals surface area (Å²) in [5.74, 6) is -2.78. The maximum Gasteiger partial charge on any atom is 0.416 e. The van der Waals surface area contributed by atoms with Gasteiger partial charge in [0.2, 0.25) is 0 Å². The molecule has 1 unspecified atom stereocenters. The maximum atomic E-state index is 12.9. The molecule has 140 valence electrons. The van der Waals surface area contributed by atoms with Crippen LogP contribution >= 0.6 is 0 Å². The van der Waals surface area contributed by atoms with E-state index in [1.54, 1.807) is 0 Å². The molecular formula is C17H21F3O5. The van der Waals surface area contributed by atoms with Crippen LogP contribution in [0.3, 0.4) is 0 Å². The van der Waals surface area contributed by atoms with Gasteiger partial charge in [0.25, 0.3) is 5.60 Å². The number of aliphatic carboxylic acids is 1. The van der Waals surface area contributed by atoms with Crippen LogP contribution in [0.25, 0.3) is 0 Å². The summed E-state index contributed by atoms with van der Waals surface area (Å²) in [5.41, 5.74) is -4.44. The molecule has 0 aromatic heterocycles. The van der Waals surface area contributed by atoms with Gasteiger partial charge in [0, 0.05) is 6.42 Å². The van der Waals surface area contributed by atoms with Crippen LogP contribution in [-0.4, -0.2) is 34.9 Å². The average Bonchev–Trinajstić information content (AvgIpc) is 2.44. The van der Waals surface area contributed by atoms with Crippen LogP contribution in [0.15, 0.2) is 24.3 Å². The number of carboxylic acids is 1. The van der Waals surface area contributed by atoms with Crippen molar-refractivity contribution in [2.45, 2.75) is 51.5 Å². The number of esters is 1. The summed E-state index contributed by atoms with van der Waals surface area (Å²) in [4.78, 5) is 24.2. The Morgan fingerprint density at radius 2 is 1.76 bits per heavy atom. The largest absolute Gasteiger partial charge is 0.479 e. The zero-order valence-corrected chi connectivity index (χ0v) is 14.4. The number of ether oxygens (including phenoxy) is 2. The van der Waals surface area contributed by atoms with E-state index in [4.69, 9.17) is 9.47 Å². The lowest BCUT2D eigenvalue weighted by Crippen LogP contribution is -2.55. The second kappa shape index (κ2) is 7.43. The molecule has 0 saturated carbocycles. The van der Waals surface area contributed by atoms with E-state index in [0.717, 1.165) is 18.2 Å². The summed E-state index contributed by atoms with van der Waals surface area (Å²) in [6.07, 6.45) is -5.18. The van der Waals surface area contributed by atoms with Crippen molar-refractivity contribution in [3.05, 3.63) is 35.4 Å². The molecule has 0 bridgehead atoms. The highest BCUT2D eigenvalue weighted by Crippen LogP contribution is 2.32. The Morgan fingerprint density at radius 3 is 2.20 bits per heavy atom. The van der Waals surface area contributed by atoms with Crippen molar-refractivity contribution in [3.63, 3.8) is 0 Å². The highest BCUT2D eigenvalue weighted by molar-refractivity contribution is 6.03. The van der Waals surface area contributed by atoms with Crippen molar-refractivity contribution in [2.75, 3.05) is 6.61 Å². The fourth-order valence-corrected chi connectivity index (χ4v) is 2.27. The third-order valence-corrected chi connectivity index (χ3v) is 3.14. The summed E-state index contributed by atoms with van der Waals surface area (Å²) in [6.45, 7) is 6.01. The Balaban J connectivity index is 3.38. The Hall–Kier alpha value is -2.09. The normalized spacial score (nSPS) is 14.7. The molecule has 1 N–H and O–H groups in total. The molecule has 0 fully saturated rings. The lowest BCUT2D eigenvalue weighted by Gasteiger charge is -2.34. The molecule has 1 atom stereocenters. The fraction of sp³-hybridized carbons (Fsp3) is 0.529. The molecule has 0 aliphatic heterocycles. The zero-order chi connectivity index (χ0) is 19.5. The molecule has 25 heavy (non-hydrogen) atoms. The van der Waals surface area contributed by atoms with E-state index in [9.17, 15) is 27.9 Å². The predicted molar refractivity (Wildman–Crippen MR) is 83.0 cm³/mol. The summed E-state index contributed by atoms with van der Waals surface area (Å²) in [7, 11) is 0. The summed E-state index contributed by atoms with van der Waals surface area (Å²) in [6, 6.07) is 4.11. The second-order valence-corrected chi connectivity index (χ2v) is 6.44. The van der Waals surface area contributed by atoms with Crippen molar-refractivity contribution in [1.82, 2.24) is 0 Å². The van der Waals surface area contributed by atoms with Gasteiger partial charge in [-0.05, 0) is 39.3 Å². The van der Waals surface area contributed by atoms with Gasteiger partial charge in [-0.3, -0.25) is 0 Å². The van der Waals surface area contributed by atoms with E-state index in [-0.39, 0.29) is 12.2 Å². The molecule has 0 saturated heterocycles. The molecule has 0 spiro atoms. The lowest BCUT2D eigenvalue weighted by molar-refractivity contribution is -0.203. The molecule has 0 aliphatic rings. The molecule has 5 nitrogen and oxygen atoms in total. The highest BCUT2D eigenvalue weighted by atomic mass is 19.4. The van der Waals surface area contributed by atoms with Gasteiger partial charge < -0.3 is 14.6 Å². The number of carboxylic acid groups (broad SMARTS) is 1. The summed E-state index contributed by atoms with van der Waals surface area (Å²) in [5, 5.41) is 9.63.